The molecule has 2 aromatic heterocycles. The first-order chi connectivity index (χ1) is 15.0. The Bertz CT molecular complexity index is 917. The molecule has 0 radical (unpaired) electrons. The minimum atomic E-state index is -3.75. The van der Waals surface area contributed by atoms with Crippen molar-refractivity contribution in [3.8, 4) is 0 Å². The Morgan fingerprint density at radius 2 is 1.94 bits per heavy atom. The van der Waals surface area contributed by atoms with Crippen LogP contribution in [0, 0.1) is 5.92 Å². The fourth-order valence-corrected chi connectivity index (χ4v) is 3.79. The number of nitrogens with zero attached hydrogens (tertiary/aromatic N) is 3. The molecule has 1 aliphatic rings. The molecular weight excluding hydrogens is 442 g/mol. The van der Waals surface area contributed by atoms with E-state index in [4.69, 9.17) is 15.0 Å². The maximum absolute atomic E-state index is 14.8. The van der Waals surface area contributed by atoms with E-state index in [1.807, 2.05) is 13.8 Å². The Morgan fingerprint density at radius 1 is 1.41 bits per heavy atom. The van der Waals surface area contributed by atoms with Crippen molar-refractivity contribution in [2.75, 3.05) is 19.4 Å². The standard InChI is InChI=1S/C13H19FN5O5P.C3H8.C2H6.CH5N/c1-5-7(14)12(23-9(5)6(2)24-25(3,21)22)19-4-16-8-10(19)17-13(15)18-11(8)20;1-3-2;2*1-2/h4-7,9,12H,1-3H3,(H,21,22)(H3,15,17,18,20);3H2,1-2H3;1-2H3;2H2,1H3. The predicted octanol–water partition coefficient (Wildman–Crippen LogP) is 2.81. The van der Waals surface area contributed by atoms with E-state index in [-0.39, 0.29) is 17.1 Å². The van der Waals surface area contributed by atoms with Gasteiger partial charge in [-0.15, -0.1) is 0 Å². The zero-order valence-corrected chi connectivity index (χ0v) is 21.0. The van der Waals surface area contributed by atoms with Gasteiger partial charge in [0.1, 0.15) is 0 Å². The summed E-state index contributed by atoms with van der Waals surface area (Å²) in [7, 11) is -2.25. The Kier molecular flexibility index (Phi) is 12.9. The van der Waals surface area contributed by atoms with Gasteiger partial charge in [0.15, 0.2) is 23.6 Å². The lowest BCUT2D eigenvalue weighted by atomic mass is 9.98. The van der Waals surface area contributed by atoms with Crippen LogP contribution in [0.5, 0.6) is 0 Å². The normalized spacial score (nSPS) is 24.7. The summed E-state index contributed by atoms with van der Waals surface area (Å²) >= 11 is 0. The number of hydrogen-bond donors (Lipinski definition) is 4. The van der Waals surface area contributed by atoms with Gasteiger partial charge in [-0.3, -0.25) is 18.9 Å². The number of anilines is 1. The van der Waals surface area contributed by atoms with Gasteiger partial charge in [-0.05, 0) is 14.0 Å². The van der Waals surface area contributed by atoms with Crippen molar-refractivity contribution in [2.24, 2.45) is 11.7 Å². The highest BCUT2D eigenvalue weighted by Gasteiger charge is 2.47. The first kappa shape index (κ1) is 30.1. The van der Waals surface area contributed by atoms with Crippen LogP contribution in [0.2, 0.25) is 0 Å². The molecule has 0 aromatic carbocycles. The number of nitrogens with two attached hydrogens (primary N) is 2. The van der Waals surface area contributed by atoms with E-state index >= 15 is 0 Å². The average Bonchev–Trinajstić information content (AvgIpc) is 3.26. The maximum Gasteiger partial charge on any atom is 0.325 e. The minimum Gasteiger partial charge on any atom is -0.369 e. The van der Waals surface area contributed by atoms with Crippen molar-refractivity contribution < 1.29 is 23.1 Å². The van der Waals surface area contributed by atoms with Gasteiger partial charge in [-0.2, -0.15) is 4.98 Å². The number of ether oxygens (including phenoxy) is 1. The lowest BCUT2D eigenvalue weighted by Crippen LogP contribution is -2.30. The van der Waals surface area contributed by atoms with E-state index < -0.39 is 43.7 Å². The van der Waals surface area contributed by atoms with Gasteiger partial charge < -0.3 is 25.6 Å². The fourth-order valence-electron chi connectivity index (χ4n) is 3.06. The number of imidazole rings is 1. The number of rotatable bonds is 4. The van der Waals surface area contributed by atoms with Gasteiger partial charge >= 0.3 is 7.60 Å². The maximum atomic E-state index is 14.8. The van der Waals surface area contributed by atoms with Crippen LogP contribution in [0.4, 0.5) is 10.3 Å². The number of alkyl halides is 1. The molecule has 2 aromatic rings. The summed E-state index contributed by atoms with van der Waals surface area (Å²) < 4.78 is 38.3. The zero-order valence-electron chi connectivity index (χ0n) is 20.1. The Morgan fingerprint density at radius 3 is 2.44 bits per heavy atom. The molecule has 11 nitrogen and oxygen atoms in total. The van der Waals surface area contributed by atoms with Crippen molar-refractivity contribution in [3.63, 3.8) is 0 Å². The monoisotopic (exact) mass is 480 g/mol. The first-order valence-corrected chi connectivity index (χ1v) is 12.6. The van der Waals surface area contributed by atoms with Crippen LogP contribution in [0.3, 0.4) is 0 Å². The zero-order chi connectivity index (χ0) is 25.2. The molecule has 32 heavy (non-hydrogen) atoms. The second-order valence-corrected chi connectivity index (χ2v) is 8.71. The smallest absolute Gasteiger partial charge is 0.325 e. The fraction of sp³-hybridized carbons (Fsp3) is 0.737. The summed E-state index contributed by atoms with van der Waals surface area (Å²) in [5.74, 6) is -0.746. The van der Waals surface area contributed by atoms with E-state index in [1.54, 1.807) is 6.92 Å². The van der Waals surface area contributed by atoms with Crippen LogP contribution in [-0.2, 0) is 13.8 Å². The highest BCUT2D eigenvalue weighted by molar-refractivity contribution is 7.51. The molecule has 3 heterocycles. The van der Waals surface area contributed by atoms with Gasteiger partial charge in [-0.1, -0.05) is 41.0 Å². The molecule has 1 fully saturated rings. The Labute approximate surface area is 188 Å². The third-order valence-corrected chi connectivity index (χ3v) is 4.86. The third-order valence-electron chi connectivity index (χ3n) is 4.14. The predicted molar refractivity (Wildman–Crippen MR) is 124 cm³/mol. The summed E-state index contributed by atoms with van der Waals surface area (Å²) in [5.41, 5.74) is 9.61. The number of aromatic amines is 1. The summed E-state index contributed by atoms with van der Waals surface area (Å²) in [4.78, 5) is 31.4. The van der Waals surface area contributed by atoms with E-state index in [1.165, 1.54) is 31.3 Å². The molecule has 6 atom stereocenters. The van der Waals surface area contributed by atoms with Gasteiger partial charge in [0.05, 0.1) is 18.5 Å². The van der Waals surface area contributed by atoms with Crippen molar-refractivity contribution in [2.45, 2.75) is 72.6 Å². The van der Waals surface area contributed by atoms with Gasteiger partial charge in [0.2, 0.25) is 5.95 Å². The van der Waals surface area contributed by atoms with E-state index in [9.17, 15) is 18.6 Å². The molecule has 6 unspecified atom stereocenters. The number of fused-ring (bicyclic) bond motifs is 1. The minimum absolute atomic E-state index is 0.0128. The Hall–Kier alpha value is -1.85. The van der Waals surface area contributed by atoms with Crippen LogP contribution in [-0.4, -0.2) is 56.5 Å². The molecule has 3 rings (SSSR count). The molecule has 1 saturated heterocycles. The van der Waals surface area contributed by atoms with Crippen molar-refractivity contribution >= 4 is 24.7 Å². The van der Waals surface area contributed by atoms with Crippen LogP contribution in [0.1, 0.15) is 54.2 Å². The van der Waals surface area contributed by atoms with Crippen molar-refractivity contribution in [1.29, 1.82) is 0 Å². The van der Waals surface area contributed by atoms with Gasteiger partial charge in [0.25, 0.3) is 5.56 Å². The van der Waals surface area contributed by atoms with E-state index in [0.29, 0.717) is 0 Å². The second-order valence-electron chi connectivity index (χ2n) is 6.89. The van der Waals surface area contributed by atoms with E-state index in [0.717, 1.165) is 6.66 Å². The SMILES string of the molecule is CC.CC(OP(C)(=O)O)C1OC(n2cnc3c(=O)[nH]c(N)nc32)C(F)C1C.CCC.CN. The quantitative estimate of drug-likeness (QED) is 0.480. The lowest BCUT2D eigenvalue weighted by Gasteiger charge is -2.23. The molecule has 0 bridgehead atoms. The number of hydrogen-bond acceptors (Lipinski definition) is 8. The number of halogens is 1. The van der Waals surface area contributed by atoms with Crippen LogP contribution in [0.15, 0.2) is 11.1 Å². The third kappa shape index (κ3) is 7.63. The largest absolute Gasteiger partial charge is 0.369 e. The Balaban J connectivity index is 0.00000124. The number of H-pyrrole nitrogens is 1. The highest BCUT2D eigenvalue weighted by Crippen LogP contribution is 2.44. The lowest BCUT2D eigenvalue weighted by molar-refractivity contribution is -0.0598. The molecule has 0 saturated carbocycles. The van der Waals surface area contributed by atoms with Crippen LogP contribution < -0.4 is 17.0 Å². The molecule has 186 valence electrons. The highest BCUT2D eigenvalue weighted by atomic mass is 31.2. The topological polar surface area (TPSA) is 171 Å². The molecule has 0 amide bonds. The summed E-state index contributed by atoms with van der Waals surface area (Å²) in [6.45, 7) is 12.5. The van der Waals surface area contributed by atoms with Gasteiger partial charge in [0, 0.05) is 12.6 Å². The number of nitrogens with one attached hydrogen (secondary N) is 1. The number of nitrogen functional groups attached to an aromatic ring is 1. The molecule has 6 N–H and O–H groups in total. The van der Waals surface area contributed by atoms with Crippen molar-refractivity contribution in [1.82, 2.24) is 19.5 Å². The van der Waals surface area contributed by atoms with Gasteiger partial charge in [-0.25, -0.2) is 9.37 Å². The van der Waals surface area contributed by atoms with Crippen molar-refractivity contribution in [3.05, 3.63) is 16.7 Å². The molecule has 1 aliphatic heterocycles. The molecular formula is C19H38FN6O5P. The summed E-state index contributed by atoms with van der Waals surface area (Å²) in [6, 6.07) is 0. The average molecular weight is 481 g/mol. The summed E-state index contributed by atoms with van der Waals surface area (Å²) in [6.07, 6.45) is -1.65. The molecule has 13 heteroatoms. The summed E-state index contributed by atoms with van der Waals surface area (Å²) in [5, 5.41) is 0. The first-order valence-electron chi connectivity index (χ1n) is 10.6. The molecule has 0 spiro atoms. The number of aromatic nitrogens is 4. The molecule has 0 aliphatic carbocycles. The van der Waals surface area contributed by atoms with Crippen LogP contribution in [0.25, 0.3) is 11.2 Å². The second kappa shape index (κ2) is 13.6. The van der Waals surface area contributed by atoms with Crippen LogP contribution >= 0.6 is 7.60 Å². The van der Waals surface area contributed by atoms with E-state index in [2.05, 4.69) is 34.5 Å².